The van der Waals surface area contributed by atoms with Crippen LogP contribution in [0.15, 0.2) is 41.0 Å². The van der Waals surface area contributed by atoms with Crippen LogP contribution >= 0.6 is 15.9 Å². The third-order valence-corrected chi connectivity index (χ3v) is 3.86. The van der Waals surface area contributed by atoms with Crippen molar-refractivity contribution in [3.63, 3.8) is 0 Å². The van der Waals surface area contributed by atoms with Crippen LogP contribution in [0.1, 0.15) is 15.9 Å². The Bertz CT molecular complexity index is 661. The van der Waals surface area contributed by atoms with Gasteiger partial charge < -0.3 is 15.4 Å². The highest BCUT2D eigenvalue weighted by molar-refractivity contribution is 9.10. The molecule has 1 aromatic carbocycles. The number of carbonyl (C=O) groups excluding carboxylic acids is 1. The summed E-state index contributed by atoms with van der Waals surface area (Å²) in [5.41, 5.74) is 7.50. The molecule has 2 aromatic rings. The van der Waals surface area contributed by atoms with Gasteiger partial charge in [-0.1, -0.05) is 34.1 Å². The minimum Gasteiger partial charge on any atom is -0.465 e. The summed E-state index contributed by atoms with van der Waals surface area (Å²) in [5, 5.41) is 0. The molecular formula is C15H16BrN3O2. The number of nitrogen functional groups attached to an aromatic ring is 1. The van der Waals surface area contributed by atoms with E-state index >= 15 is 0 Å². The number of methoxy groups -OCH3 is 1. The Morgan fingerprint density at radius 1 is 1.43 bits per heavy atom. The maximum Gasteiger partial charge on any atom is 0.340 e. The predicted octanol–water partition coefficient (Wildman–Crippen LogP) is 2.85. The number of anilines is 2. The summed E-state index contributed by atoms with van der Waals surface area (Å²) in [4.78, 5) is 17.9. The standard InChI is InChI=1S/C15H16BrN3O2/c1-19(9-10-5-3-4-6-12(10)16)14-7-11(15(20)21-2)13(17)8-18-14/h3-8H,9,17H2,1-2H3. The average molecular weight is 350 g/mol. The molecule has 110 valence electrons. The van der Waals surface area contributed by atoms with Crippen molar-refractivity contribution in [1.29, 1.82) is 0 Å². The lowest BCUT2D eigenvalue weighted by Gasteiger charge is -2.20. The Kier molecular flexibility index (Phi) is 4.80. The van der Waals surface area contributed by atoms with Crippen molar-refractivity contribution in [2.75, 3.05) is 24.8 Å². The van der Waals surface area contributed by atoms with Gasteiger partial charge in [-0.25, -0.2) is 9.78 Å². The van der Waals surface area contributed by atoms with Gasteiger partial charge in [-0.3, -0.25) is 0 Å². The monoisotopic (exact) mass is 349 g/mol. The van der Waals surface area contributed by atoms with E-state index in [2.05, 4.69) is 20.9 Å². The minimum absolute atomic E-state index is 0.305. The zero-order chi connectivity index (χ0) is 15.4. The molecular weight excluding hydrogens is 334 g/mol. The Labute approximate surface area is 131 Å². The number of nitrogens with zero attached hydrogens (tertiary/aromatic N) is 2. The molecule has 0 aliphatic rings. The molecule has 5 nitrogen and oxygen atoms in total. The quantitative estimate of drug-likeness (QED) is 0.859. The van der Waals surface area contributed by atoms with Gasteiger partial charge in [0.05, 0.1) is 24.6 Å². The van der Waals surface area contributed by atoms with Gasteiger partial charge >= 0.3 is 5.97 Å². The molecule has 0 saturated heterocycles. The van der Waals surface area contributed by atoms with Gasteiger partial charge in [0.2, 0.25) is 0 Å². The molecule has 0 atom stereocenters. The molecule has 0 radical (unpaired) electrons. The molecule has 0 fully saturated rings. The van der Waals surface area contributed by atoms with Crippen LogP contribution in [0.4, 0.5) is 11.5 Å². The molecule has 0 amide bonds. The summed E-state index contributed by atoms with van der Waals surface area (Å²) >= 11 is 3.52. The largest absolute Gasteiger partial charge is 0.465 e. The first-order valence-electron chi connectivity index (χ1n) is 6.31. The van der Waals surface area contributed by atoms with E-state index in [9.17, 15) is 4.79 Å². The summed E-state index contributed by atoms with van der Waals surface area (Å²) < 4.78 is 5.74. The molecule has 0 spiro atoms. The number of ether oxygens (including phenoxy) is 1. The van der Waals surface area contributed by atoms with Gasteiger partial charge in [0.1, 0.15) is 5.82 Å². The number of halogens is 1. The number of rotatable bonds is 4. The van der Waals surface area contributed by atoms with E-state index in [-0.39, 0.29) is 0 Å². The number of hydrogen-bond donors (Lipinski definition) is 1. The van der Waals surface area contributed by atoms with Crippen molar-refractivity contribution in [3.05, 3.63) is 52.1 Å². The van der Waals surface area contributed by atoms with Crippen molar-refractivity contribution in [2.24, 2.45) is 0 Å². The lowest BCUT2D eigenvalue weighted by Crippen LogP contribution is -2.19. The molecule has 6 heteroatoms. The number of benzene rings is 1. The van der Waals surface area contributed by atoms with Crippen LogP contribution in [0.2, 0.25) is 0 Å². The number of aromatic nitrogens is 1. The lowest BCUT2D eigenvalue weighted by molar-refractivity contribution is 0.0602. The van der Waals surface area contributed by atoms with Crippen molar-refractivity contribution in [1.82, 2.24) is 4.98 Å². The molecule has 2 rings (SSSR count). The zero-order valence-electron chi connectivity index (χ0n) is 11.8. The third-order valence-electron chi connectivity index (χ3n) is 3.08. The predicted molar refractivity (Wildman–Crippen MR) is 86.2 cm³/mol. The summed E-state index contributed by atoms with van der Waals surface area (Å²) in [7, 11) is 3.23. The molecule has 0 bridgehead atoms. The first kappa shape index (κ1) is 15.3. The minimum atomic E-state index is -0.467. The van der Waals surface area contributed by atoms with Gasteiger partial charge in [0, 0.05) is 18.1 Å². The maximum absolute atomic E-state index is 11.7. The van der Waals surface area contributed by atoms with E-state index in [1.54, 1.807) is 6.07 Å². The van der Waals surface area contributed by atoms with E-state index in [4.69, 9.17) is 10.5 Å². The van der Waals surface area contributed by atoms with Crippen molar-refractivity contribution < 1.29 is 9.53 Å². The van der Waals surface area contributed by atoms with Crippen LogP contribution in [0.5, 0.6) is 0 Å². The Morgan fingerprint density at radius 3 is 2.81 bits per heavy atom. The average Bonchev–Trinajstić information content (AvgIpc) is 2.49. The van der Waals surface area contributed by atoms with E-state index in [1.807, 2.05) is 36.2 Å². The second kappa shape index (κ2) is 6.58. The van der Waals surface area contributed by atoms with E-state index < -0.39 is 5.97 Å². The number of nitrogens with two attached hydrogens (primary N) is 1. The Hall–Kier alpha value is -2.08. The first-order chi connectivity index (χ1) is 10.0. The van der Waals surface area contributed by atoms with Crippen LogP contribution in [0.3, 0.4) is 0 Å². The summed E-state index contributed by atoms with van der Waals surface area (Å²) in [6.45, 7) is 0.652. The Morgan fingerprint density at radius 2 is 2.14 bits per heavy atom. The second-order valence-electron chi connectivity index (χ2n) is 4.57. The van der Waals surface area contributed by atoms with Gasteiger partial charge in [0.25, 0.3) is 0 Å². The smallest absolute Gasteiger partial charge is 0.340 e. The summed E-state index contributed by atoms with van der Waals surface area (Å²) in [6.07, 6.45) is 1.47. The van der Waals surface area contributed by atoms with E-state index in [0.29, 0.717) is 23.6 Å². The molecule has 0 unspecified atom stereocenters. The SMILES string of the molecule is COC(=O)c1cc(N(C)Cc2ccccc2Br)ncc1N. The Balaban J connectivity index is 2.25. The molecule has 0 saturated carbocycles. The number of pyridine rings is 1. The van der Waals surface area contributed by atoms with Crippen LogP contribution in [-0.2, 0) is 11.3 Å². The lowest BCUT2D eigenvalue weighted by atomic mass is 10.2. The molecule has 2 N–H and O–H groups in total. The third kappa shape index (κ3) is 3.52. The van der Waals surface area contributed by atoms with Crippen LogP contribution in [-0.4, -0.2) is 25.1 Å². The van der Waals surface area contributed by atoms with Crippen molar-refractivity contribution in [3.8, 4) is 0 Å². The molecule has 1 aromatic heterocycles. The second-order valence-corrected chi connectivity index (χ2v) is 5.42. The van der Waals surface area contributed by atoms with Gasteiger partial charge in [-0.2, -0.15) is 0 Å². The fourth-order valence-corrected chi connectivity index (χ4v) is 2.32. The van der Waals surface area contributed by atoms with Crippen LogP contribution < -0.4 is 10.6 Å². The first-order valence-corrected chi connectivity index (χ1v) is 7.10. The summed E-state index contributed by atoms with van der Waals surface area (Å²) in [5.74, 6) is 0.186. The molecule has 0 aliphatic carbocycles. The number of carbonyl (C=O) groups is 1. The summed E-state index contributed by atoms with van der Waals surface area (Å²) in [6, 6.07) is 9.59. The molecule has 21 heavy (non-hydrogen) atoms. The topological polar surface area (TPSA) is 68.5 Å². The molecule has 0 aliphatic heterocycles. The van der Waals surface area contributed by atoms with Crippen LogP contribution in [0, 0.1) is 0 Å². The van der Waals surface area contributed by atoms with E-state index in [1.165, 1.54) is 13.3 Å². The zero-order valence-corrected chi connectivity index (χ0v) is 13.4. The number of esters is 1. The highest BCUT2D eigenvalue weighted by Gasteiger charge is 2.14. The van der Waals surface area contributed by atoms with Crippen molar-refractivity contribution >= 4 is 33.4 Å². The van der Waals surface area contributed by atoms with Gasteiger partial charge in [0.15, 0.2) is 0 Å². The highest BCUT2D eigenvalue weighted by Crippen LogP contribution is 2.22. The fourth-order valence-electron chi connectivity index (χ4n) is 1.91. The van der Waals surface area contributed by atoms with Gasteiger partial charge in [-0.15, -0.1) is 0 Å². The molecule has 1 heterocycles. The number of hydrogen-bond acceptors (Lipinski definition) is 5. The van der Waals surface area contributed by atoms with Crippen LogP contribution in [0.25, 0.3) is 0 Å². The highest BCUT2D eigenvalue weighted by atomic mass is 79.9. The normalized spacial score (nSPS) is 10.2. The fraction of sp³-hybridized carbons (Fsp3) is 0.200. The van der Waals surface area contributed by atoms with Crippen molar-refractivity contribution in [2.45, 2.75) is 6.54 Å². The maximum atomic E-state index is 11.7. The van der Waals surface area contributed by atoms with E-state index in [0.717, 1.165) is 10.0 Å². The van der Waals surface area contributed by atoms with Gasteiger partial charge in [-0.05, 0) is 17.7 Å².